The van der Waals surface area contributed by atoms with E-state index in [0.717, 1.165) is 6.61 Å². The summed E-state index contributed by atoms with van der Waals surface area (Å²) < 4.78 is 5.67. The van der Waals surface area contributed by atoms with Crippen molar-refractivity contribution in [3.63, 3.8) is 0 Å². The molecule has 1 nitrogen and oxygen atoms in total. The third-order valence-corrected chi connectivity index (χ3v) is 2.41. The summed E-state index contributed by atoms with van der Waals surface area (Å²) >= 11 is 0. The Morgan fingerprint density at radius 1 is 1.55 bits per heavy atom. The van der Waals surface area contributed by atoms with E-state index >= 15 is 0 Å². The van der Waals surface area contributed by atoms with Gasteiger partial charge in [-0.2, -0.15) is 0 Å². The van der Waals surface area contributed by atoms with Crippen molar-refractivity contribution in [3.8, 4) is 0 Å². The zero-order valence-corrected chi connectivity index (χ0v) is 6.92. The molecule has 0 bridgehead atoms. The van der Waals surface area contributed by atoms with Crippen molar-refractivity contribution in [1.82, 2.24) is 0 Å². The molecule has 11 heavy (non-hydrogen) atoms. The smallest absolute Gasteiger partial charge is 0.0679 e. The molecule has 1 heteroatoms. The van der Waals surface area contributed by atoms with Crippen LogP contribution in [-0.4, -0.2) is 12.7 Å². The highest BCUT2D eigenvalue weighted by Gasteiger charge is 2.23. The number of allylic oxidation sites excluding steroid dienone is 1. The Morgan fingerprint density at radius 3 is 3.36 bits per heavy atom. The predicted octanol–water partition coefficient (Wildman–Crippen LogP) is 2.30. The Kier molecular flexibility index (Phi) is 1.82. The predicted molar refractivity (Wildman–Crippen MR) is 45.4 cm³/mol. The topological polar surface area (TPSA) is 9.23 Å². The minimum absolute atomic E-state index is 0.476. The van der Waals surface area contributed by atoms with Gasteiger partial charge in [-0.15, -0.1) is 0 Å². The van der Waals surface area contributed by atoms with Gasteiger partial charge in [0.2, 0.25) is 0 Å². The molecule has 1 heterocycles. The SMILES string of the molecule is CC1=CC2C=CCCC2OC1. The standard InChI is InChI=1S/C10H14O/c1-8-6-9-4-2-3-5-10(9)11-7-8/h2,4,6,9-10H,3,5,7H2,1H3. The van der Waals surface area contributed by atoms with Gasteiger partial charge in [-0.3, -0.25) is 0 Å². The summed E-state index contributed by atoms with van der Waals surface area (Å²) in [5.74, 6) is 0.567. The molecule has 60 valence electrons. The van der Waals surface area contributed by atoms with E-state index in [9.17, 15) is 0 Å². The van der Waals surface area contributed by atoms with E-state index in [1.54, 1.807) is 0 Å². The molecule has 2 atom stereocenters. The van der Waals surface area contributed by atoms with Gasteiger partial charge >= 0.3 is 0 Å². The van der Waals surface area contributed by atoms with Crippen LogP contribution in [0.5, 0.6) is 0 Å². The van der Waals surface area contributed by atoms with Gasteiger partial charge in [0, 0.05) is 5.92 Å². The highest BCUT2D eigenvalue weighted by Crippen LogP contribution is 2.27. The average Bonchev–Trinajstić information content (AvgIpc) is 2.04. The molecule has 0 amide bonds. The van der Waals surface area contributed by atoms with Crippen LogP contribution in [0.3, 0.4) is 0 Å². The second kappa shape index (κ2) is 2.82. The van der Waals surface area contributed by atoms with E-state index < -0.39 is 0 Å². The molecule has 0 aromatic rings. The van der Waals surface area contributed by atoms with E-state index in [2.05, 4.69) is 25.2 Å². The van der Waals surface area contributed by atoms with E-state index in [0.29, 0.717) is 12.0 Å². The van der Waals surface area contributed by atoms with Crippen LogP contribution in [0.25, 0.3) is 0 Å². The van der Waals surface area contributed by atoms with Gasteiger partial charge in [0.05, 0.1) is 12.7 Å². The van der Waals surface area contributed by atoms with Crippen molar-refractivity contribution in [2.75, 3.05) is 6.61 Å². The van der Waals surface area contributed by atoms with Gasteiger partial charge in [-0.05, 0) is 19.8 Å². The molecule has 0 N–H and O–H groups in total. The lowest BCUT2D eigenvalue weighted by Crippen LogP contribution is -2.28. The maximum atomic E-state index is 5.67. The van der Waals surface area contributed by atoms with Crippen molar-refractivity contribution >= 4 is 0 Å². The fourth-order valence-corrected chi connectivity index (χ4v) is 1.80. The second-order valence-electron chi connectivity index (χ2n) is 3.45. The lowest BCUT2D eigenvalue weighted by Gasteiger charge is -2.30. The number of hydrogen-bond donors (Lipinski definition) is 0. The molecule has 0 fully saturated rings. The summed E-state index contributed by atoms with van der Waals surface area (Å²) in [4.78, 5) is 0. The van der Waals surface area contributed by atoms with Gasteiger partial charge in [-0.25, -0.2) is 0 Å². The lowest BCUT2D eigenvalue weighted by atomic mass is 9.89. The van der Waals surface area contributed by atoms with Crippen LogP contribution in [0.15, 0.2) is 23.8 Å². The van der Waals surface area contributed by atoms with E-state index in [-0.39, 0.29) is 0 Å². The Bertz CT molecular complexity index is 203. The van der Waals surface area contributed by atoms with E-state index in [1.807, 2.05) is 0 Å². The van der Waals surface area contributed by atoms with Gasteiger partial charge in [0.15, 0.2) is 0 Å². The molecule has 0 saturated heterocycles. The summed E-state index contributed by atoms with van der Waals surface area (Å²) in [6.07, 6.45) is 9.74. The lowest BCUT2D eigenvalue weighted by molar-refractivity contribution is 0.0320. The number of hydrogen-bond acceptors (Lipinski definition) is 1. The molecule has 0 spiro atoms. The molecule has 0 radical (unpaired) electrons. The maximum Gasteiger partial charge on any atom is 0.0679 e. The zero-order chi connectivity index (χ0) is 7.68. The molecular formula is C10H14O. The number of fused-ring (bicyclic) bond motifs is 1. The molecule has 0 saturated carbocycles. The Morgan fingerprint density at radius 2 is 2.45 bits per heavy atom. The number of rotatable bonds is 0. The summed E-state index contributed by atoms with van der Waals surface area (Å²) in [5.41, 5.74) is 1.37. The molecule has 0 aromatic carbocycles. The van der Waals surface area contributed by atoms with Crippen molar-refractivity contribution in [1.29, 1.82) is 0 Å². The van der Waals surface area contributed by atoms with Crippen LogP contribution in [0, 0.1) is 5.92 Å². The fourth-order valence-electron chi connectivity index (χ4n) is 1.80. The van der Waals surface area contributed by atoms with Crippen molar-refractivity contribution in [3.05, 3.63) is 23.8 Å². The maximum absolute atomic E-state index is 5.67. The van der Waals surface area contributed by atoms with E-state index in [1.165, 1.54) is 18.4 Å². The van der Waals surface area contributed by atoms with Gasteiger partial charge in [0.25, 0.3) is 0 Å². The molecule has 2 rings (SSSR count). The molecular weight excluding hydrogens is 136 g/mol. The molecule has 1 aliphatic carbocycles. The molecule has 0 aromatic heterocycles. The highest BCUT2D eigenvalue weighted by molar-refractivity contribution is 5.15. The fraction of sp³-hybridized carbons (Fsp3) is 0.600. The monoisotopic (exact) mass is 150 g/mol. The normalized spacial score (nSPS) is 36.3. The first-order chi connectivity index (χ1) is 5.36. The second-order valence-corrected chi connectivity index (χ2v) is 3.45. The van der Waals surface area contributed by atoms with Gasteiger partial charge < -0.3 is 4.74 Å². The minimum Gasteiger partial charge on any atom is -0.373 e. The van der Waals surface area contributed by atoms with Gasteiger partial charge in [-0.1, -0.05) is 23.8 Å². The summed E-state index contributed by atoms with van der Waals surface area (Å²) in [7, 11) is 0. The number of ether oxygens (including phenoxy) is 1. The summed E-state index contributed by atoms with van der Waals surface area (Å²) in [6.45, 7) is 2.98. The summed E-state index contributed by atoms with van der Waals surface area (Å²) in [6, 6.07) is 0. The Hall–Kier alpha value is -0.560. The van der Waals surface area contributed by atoms with E-state index in [4.69, 9.17) is 4.74 Å². The molecule has 2 aliphatic rings. The average molecular weight is 150 g/mol. The first-order valence-corrected chi connectivity index (χ1v) is 4.32. The van der Waals surface area contributed by atoms with Crippen LogP contribution < -0.4 is 0 Å². The van der Waals surface area contributed by atoms with Crippen LogP contribution >= 0.6 is 0 Å². The third-order valence-electron chi connectivity index (χ3n) is 2.41. The van der Waals surface area contributed by atoms with Crippen molar-refractivity contribution in [2.24, 2.45) is 5.92 Å². The molecule has 1 aliphatic heterocycles. The summed E-state index contributed by atoms with van der Waals surface area (Å²) in [5, 5.41) is 0. The Balaban J connectivity index is 2.18. The Labute approximate surface area is 67.7 Å². The van der Waals surface area contributed by atoms with Crippen LogP contribution in [0.2, 0.25) is 0 Å². The minimum atomic E-state index is 0.476. The van der Waals surface area contributed by atoms with Crippen LogP contribution in [-0.2, 0) is 4.74 Å². The highest BCUT2D eigenvalue weighted by atomic mass is 16.5. The van der Waals surface area contributed by atoms with Crippen molar-refractivity contribution < 1.29 is 4.74 Å². The molecule has 2 unspecified atom stereocenters. The van der Waals surface area contributed by atoms with Crippen molar-refractivity contribution in [2.45, 2.75) is 25.9 Å². The largest absolute Gasteiger partial charge is 0.373 e. The first-order valence-electron chi connectivity index (χ1n) is 4.32. The zero-order valence-electron chi connectivity index (χ0n) is 6.92. The van der Waals surface area contributed by atoms with Crippen LogP contribution in [0.1, 0.15) is 19.8 Å². The first kappa shape index (κ1) is 7.11. The van der Waals surface area contributed by atoms with Crippen LogP contribution in [0.4, 0.5) is 0 Å². The third kappa shape index (κ3) is 1.38. The van der Waals surface area contributed by atoms with Gasteiger partial charge in [0.1, 0.15) is 0 Å². The quantitative estimate of drug-likeness (QED) is 0.481.